The minimum Gasteiger partial charge on any atom is -0.488 e. The number of carbonyl (C=O) groups excluding carboxylic acids is 2. The Hall–Kier alpha value is -2.68. The van der Waals surface area contributed by atoms with Crippen LogP contribution in [-0.4, -0.2) is 18.0 Å². The largest absolute Gasteiger partial charge is 0.488 e. The number of anilines is 1. The van der Waals surface area contributed by atoms with Gasteiger partial charge in [-0.15, -0.1) is 0 Å². The van der Waals surface area contributed by atoms with Gasteiger partial charge in [0, 0.05) is 15.2 Å². The molecule has 0 atom stereocenters. The molecule has 3 aromatic carbocycles. The fraction of sp³-hybridized carbons (Fsp3) is 0.125. The van der Waals surface area contributed by atoms with E-state index in [9.17, 15) is 9.59 Å². The number of rotatable bonds is 8. The summed E-state index contributed by atoms with van der Waals surface area (Å²) in [5, 5.41) is 7.08. The summed E-state index contributed by atoms with van der Waals surface area (Å²) < 4.78 is 7.61. The summed E-state index contributed by atoms with van der Waals surface area (Å²) in [4.78, 5) is 24.0. The van der Waals surface area contributed by atoms with Crippen LogP contribution in [0.25, 0.3) is 0 Å². The number of hydrogen-bond acceptors (Lipinski definition) is 4. The van der Waals surface area contributed by atoms with Gasteiger partial charge in [-0.3, -0.25) is 9.59 Å². The normalized spacial score (nSPS) is 10.8. The monoisotopic (exact) mass is 591 g/mol. The Morgan fingerprint density at radius 1 is 1.03 bits per heavy atom. The molecule has 0 unspecified atom stereocenters. The fourth-order valence-electron chi connectivity index (χ4n) is 2.70. The van der Waals surface area contributed by atoms with Crippen molar-refractivity contribution in [1.29, 1.82) is 0 Å². The maximum Gasteiger partial charge on any atom is 0.249 e. The van der Waals surface area contributed by atoms with Gasteiger partial charge in [-0.2, -0.15) is 5.10 Å². The van der Waals surface area contributed by atoms with Crippen LogP contribution >= 0.6 is 43.5 Å². The average Bonchev–Trinajstić information content (AvgIpc) is 2.77. The van der Waals surface area contributed by atoms with Crippen LogP contribution in [0, 0.1) is 6.92 Å². The van der Waals surface area contributed by atoms with Crippen molar-refractivity contribution >= 4 is 67.2 Å². The molecule has 0 aromatic heterocycles. The average molecular weight is 594 g/mol. The molecule has 0 aliphatic rings. The lowest BCUT2D eigenvalue weighted by Gasteiger charge is -2.09. The fourth-order valence-corrected chi connectivity index (χ4v) is 3.65. The minimum atomic E-state index is -0.532. The Balaban J connectivity index is 1.47. The first kappa shape index (κ1) is 25.0. The van der Waals surface area contributed by atoms with E-state index in [4.69, 9.17) is 16.3 Å². The zero-order valence-electron chi connectivity index (χ0n) is 17.6. The summed E-state index contributed by atoms with van der Waals surface area (Å²) >= 11 is 12.9. The van der Waals surface area contributed by atoms with Crippen LogP contribution in [0.2, 0.25) is 5.02 Å². The van der Waals surface area contributed by atoms with Crippen LogP contribution in [0.5, 0.6) is 5.75 Å². The van der Waals surface area contributed by atoms with Crippen LogP contribution in [-0.2, 0) is 16.2 Å². The molecule has 0 fully saturated rings. The van der Waals surface area contributed by atoms with Crippen molar-refractivity contribution in [3.05, 3.63) is 91.3 Å². The molecule has 0 heterocycles. The van der Waals surface area contributed by atoms with E-state index >= 15 is 0 Å². The molecule has 0 spiro atoms. The van der Waals surface area contributed by atoms with Crippen molar-refractivity contribution in [2.75, 3.05) is 5.32 Å². The smallest absolute Gasteiger partial charge is 0.249 e. The number of benzene rings is 3. The van der Waals surface area contributed by atoms with E-state index in [0.29, 0.717) is 23.1 Å². The first-order chi connectivity index (χ1) is 15.8. The van der Waals surface area contributed by atoms with Crippen molar-refractivity contribution in [2.45, 2.75) is 20.0 Å². The summed E-state index contributed by atoms with van der Waals surface area (Å²) in [6.45, 7) is 2.30. The third-order valence-electron chi connectivity index (χ3n) is 4.44. The zero-order chi connectivity index (χ0) is 23.8. The third-order valence-corrected chi connectivity index (χ3v) is 6.00. The topological polar surface area (TPSA) is 79.8 Å². The lowest BCUT2D eigenvalue weighted by atomic mass is 10.2. The quantitative estimate of drug-likeness (QED) is 0.185. The van der Waals surface area contributed by atoms with Crippen molar-refractivity contribution in [3.8, 4) is 5.75 Å². The molecule has 3 aromatic rings. The van der Waals surface area contributed by atoms with Gasteiger partial charge in [0.05, 0.1) is 10.7 Å². The van der Waals surface area contributed by atoms with Crippen LogP contribution in [0.4, 0.5) is 5.69 Å². The lowest BCUT2D eigenvalue weighted by Crippen LogP contribution is -2.24. The number of ether oxygens (including phenoxy) is 1. The highest BCUT2D eigenvalue weighted by molar-refractivity contribution is 9.10. The molecular formula is C24H20Br2ClN3O3. The van der Waals surface area contributed by atoms with Crippen LogP contribution in [0.1, 0.15) is 23.1 Å². The van der Waals surface area contributed by atoms with Gasteiger partial charge in [-0.1, -0.05) is 45.7 Å². The number of halogens is 3. The standard InChI is InChI=1S/C24H20Br2ClN3O3/c1-15-2-8-19(11-21(15)27)29-23(31)12-24(32)30-28-13-17-5-9-22(20(26)10-17)33-14-16-3-6-18(25)7-4-16/h2-11,13H,12,14H2,1H3,(H,29,31)(H,30,32). The van der Waals surface area contributed by atoms with Crippen molar-refractivity contribution in [3.63, 3.8) is 0 Å². The molecule has 0 bridgehead atoms. The van der Waals surface area contributed by atoms with Crippen LogP contribution < -0.4 is 15.5 Å². The van der Waals surface area contributed by atoms with Crippen molar-refractivity contribution in [1.82, 2.24) is 5.43 Å². The van der Waals surface area contributed by atoms with E-state index in [1.54, 1.807) is 18.2 Å². The highest BCUT2D eigenvalue weighted by Crippen LogP contribution is 2.26. The molecular weight excluding hydrogens is 574 g/mol. The van der Waals surface area contributed by atoms with E-state index in [1.165, 1.54) is 6.21 Å². The highest BCUT2D eigenvalue weighted by Gasteiger charge is 2.10. The molecule has 2 amide bonds. The molecule has 0 aliphatic carbocycles. The Bertz CT molecular complexity index is 1180. The molecule has 0 aliphatic heterocycles. The van der Waals surface area contributed by atoms with E-state index < -0.39 is 11.8 Å². The minimum absolute atomic E-state index is 0.366. The van der Waals surface area contributed by atoms with Gasteiger partial charge < -0.3 is 10.1 Å². The number of hydrogen-bond donors (Lipinski definition) is 2. The second-order valence-corrected chi connectivity index (χ2v) is 9.26. The summed E-state index contributed by atoms with van der Waals surface area (Å²) in [5.41, 5.74) is 5.57. The maximum atomic E-state index is 12.0. The first-order valence-electron chi connectivity index (χ1n) is 9.85. The van der Waals surface area contributed by atoms with Gasteiger partial charge in [0.15, 0.2) is 0 Å². The Morgan fingerprint density at radius 2 is 1.79 bits per heavy atom. The SMILES string of the molecule is Cc1ccc(NC(=O)CC(=O)NN=Cc2ccc(OCc3ccc(Br)cc3)c(Br)c2)cc1Cl. The lowest BCUT2D eigenvalue weighted by molar-refractivity contribution is -0.126. The van der Waals surface area contributed by atoms with Gasteiger partial charge in [-0.25, -0.2) is 5.43 Å². The molecule has 170 valence electrons. The first-order valence-corrected chi connectivity index (χ1v) is 11.8. The summed E-state index contributed by atoms with van der Waals surface area (Å²) in [5.74, 6) is -0.305. The van der Waals surface area contributed by atoms with Crippen LogP contribution in [0.3, 0.4) is 0 Å². The molecule has 2 N–H and O–H groups in total. The molecule has 0 saturated heterocycles. The van der Waals surface area contributed by atoms with Crippen molar-refractivity contribution < 1.29 is 14.3 Å². The Labute approximate surface area is 213 Å². The summed E-state index contributed by atoms with van der Waals surface area (Å²) in [7, 11) is 0. The van der Waals surface area contributed by atoms with Gasteiger partial charge in [0.1, 0.15) is 18.8 Å². The second kappa shape index (κ2) is 12.0. The van der Waals surface area contributed by atoms with Gasteiger partial charge in [0.25, 0.3) is 0 Å². The molecule has 6 nitrogen and oxygen atoms in total. The molecule has 33 heavy (non-hydrogen) atoms. The van der Waals surface area contributed by atoms with Gasteiger partial charge >= 0.3 is 0 Å². The number of amides is 2. The number of nitrogens with one attached hydrogen (secondary N) is 2. The second-order valence-electron chi connectivity index (χ2n) is 7.09. The molecule has 9 heteroatoms. The predicted octanol–water partition coefficient (Wildman–Crippen LogP) is 6.23. The summed E-state index contributed by atoms with van der Waals surface area (Å²) in [6.07, 6.45) is 1.12. The molecule has 0 radical (unpaired) electrons. The van der Waals surface area contributed by atoms with E-state index in [2.05, 4.69) is 47.7 Å². The summed E-state index contributed by atoms with van der Waals surface area (Å²) in [6, 6.07) is 18.5. The van der Waals surface area contributed by atoms with Gasteiger partial charge in [0.2, 0.25) is 11.8 Å². The number of carbonyl (C=O) groups is 2. The van der Waals surface area contributed by atoms with E-state index in [1.807, 2.05) is 49.4 Å². The Morgan fingerprint density at radius 3 is 2.48 bits per heavy atom. The van der Waals surface area contributed by atoms with Gasteiger partial charge in [-0.05, 0) is 82.0 Å². The Kier molecular flexibility index (Phi) is 9.05. The predicted molar refractivity (Wildman–Crippen MR) is 138 cm³/mol. The molecule has 3 rings (SSSR count). The van der Waals surface area contributed by atoms with E-state index in [0.717, 1.165) is 25.6 Å². The maximum absolute atomic E-state index is 12.0. The van der Waals surface area contributed by atoms with E-state index in [-0.39, 0.29) is 6.42 Å². The molecule has 0 saturated carbocycles. The number of aryl methyl sites for hydroxylation is 1. The number of nitrogens with zero attached hydrogens (tertiary/aromatic N) is 1. The zero-order valence-corrected chi connectivity index (χ0v) is 21.5. The number of hydrazone groups is 1. The third kappa shape index (κ3) is 7.99. The van der Waals surface area contributed by atoms with Crippen molar-refractivity contribution in [2.24, 2.45) is 5.10 Å². The highest BCUT2D eigenvalue weighted by atomic mass is 79.9. The van der Waals surface area contributed by atoms with Crippen LogP contribution in [0.15, 0.2) is 74.7 Å².